The third-order valence-electron chi connectivity index (χ3n) is 7.93. The molecular formula is C32H45N3O7S. The van der Waals surface area contributed by atoms with Gasteiger partial charge in [-0.3, -0.25) is 9.59 Å². The van der Waals surface area contributed by atoms with Crippen LogP contribution in [0.15, 0.2) is 60.7 Å². The van der Waals surface area contributed by atoms with Crippen molar-refractivity contribution in [3.8, 4) is 0 Å². The highest BCUT2D eigenvalue weighted by Crippen LogP contribution is 2.31. The molecule has 2 aromatic rings. The first-order valence-electron chi connectivity index (χ1n) is 14.7. The predicted octanol–water partition coefficient (Wildman–Crippen LogP) is 3.19. The van der Waals surface area contributed by atoms with Crippen molar-refractivity contribution in [2.45, 2.75) is 89.0 Å². The fraction of sp³-hybridized carbons (Fsp3) is 0.531. The molecule has 11 heteroatoms. The van der Waals surface area contributed by atoms with Gasteiger partial charge in [-0.05, 0) is 50.7 Å². The van der Waals surface area contributed by atoms with Crippen LogP contribution in [-0.4, -0.2) is 74.3 Å². The van der Waals surface area contributed by atoms with Gasteiger partial charge in [0.2, 0.25) is 11.8 Å². The average Bonchev–Trinajstić information content (AvgIpc) is 3.70. The summed E-state index contributed by atoms with van der Waals surface area (Å²) in [5.41, 5.74) is 2.06. The molecule has 0 aromatic heterocycles. The molecule has 1 saturated heterocycles. The molecular weight excluding hydrogens is 570 g/mol. The summed E-state index contributed by atoms with van der Waals surface area (Å²) >= 11 is 0. The van der Waals surface area contributed by atoms with Crippen LogP contribution in [-0.2, 0) is 41.7 Å². The molecule has 3 rings (SSSR count). The number of amides is 3. The fourth-order valence-corrected chi connectivity index (χ4v) is 5.48. The van der Waals surface area contributed by atoms with Gasteiger partial charge in [0, 0.05) is 12.3 Å². The Labute approximate surface area is 255 Å². The lowest BCUT2D eigenvalue weighted by Crippen LogP contribution is -2.62. The van der Waals surface area contributed by atoms with Gasteiger partial charge in [0.25, 0.3) is 0 Å². The highest BCUT2D eigenvalue weighted by atomic mass is 32.2. The number of alkyl carbamates (subject to hydrolysis) is 1. The van der Waals surface area contributed by atoms with Crippen molar-refractivity contribution in [3.63, 3.8) is 0 Å². The number of carbonyl (C=O) groups is 3. The third kappa shape index (κ3) is 9.79. The van der Waals surface area contributed by atoms with Crippen molar-refractivity contribution in [2.75, 3.05) is 12.9 Å². The first-order valence-corrected chi connectivity index (χ1v) is 16.6. The minimum absolute atomic E-state index is 0.0543. The number of sulfone groups is 1. The highest BCUT2D eigenvalue weighted by Gasteiger charge is 2.49. The summed E-state index contributed by atoms with van der Waals surface area (Å²) < 4.78 is 34.5. The minimum Gasteiger partial charge on any atom is -0.450 e. The Morgan fingerprint density at radius 1 is 0.907 bits per heavy atom. The number of rotatable bonds is 15. The second-order valence-corrected chi connectivity index (χ2v) is 14.5. The van der Waals surface area contributed by atoms with Crippen LogP contribution < -0.4 is 16.0 Å². The normalized spacial score (nSPS) is 18.7. The zero-order valence-electron chi connectivity index (χ0n) is 25.8. The Balaban J connectivity index is 1.74. The molecule has 43 heavy (non-hydrogen) atoms. The van der Waals surface area contributed by atoms with Crippen molar-refractivity contribution >= 4 is 27.7 Å². The molecule has 1 aliphatic rings. The number of hydrogen-bond acceptors (Lipinski definition) is 7. The van der Waals surface area contributed by atoms with E-state index >= 15 is 0 Å². The van der Waals surface area contributed by atoms with Gasteiger partial charge >= 0.3 is 6.09 Å². The molecule has 10 nitrogen and oxygen atoms in total. The Kier molecular flexibility index (Phi) is 11.7. The van der Waals surface area contributed by atoms with Crippen LogP contribution in [0.25, 0.3) is 0 Å². The lowest BCUT2D eigenvalue weighted by molar-refractivity contribution is -0.124. The molecule has 0 bridgehead atoms. The fourth-order valence-electron chi connectivity index (χ4n) is 4.89. The van der Waals surface area contributed by atoms with E-state index in [-0.39, 0.29) is 30.9 Å². The molecule has 0 spiro atoms. The van der Waals surface area contributed by atoms with Crippen LogP contribution in [0.2, 0.25) is 0 Å². The zero-order valence-corrected chi connectivity index (χ0v) is 26.6. The molecule has 236 valence electrons. The summed E-state index contributed by atoms with van der Waals surface area (Å²) in [6, 6.07) is 17.4. The number of benzene rings is 2. The molecule has 0 radical (unpaired) electrons. The molecule has 1 fully saturated rings. The monoisotopic (exact) mass is 615 g/mol. The molecule has 3 amide bonds. The van der Waals surface area contributed by atoms with Gasteiger partial charge in [0.15, 0.2) is 9.84 Å². The second-order valence-electron chi connectivity index (χ2n) is 11.9. The third-order valence-corrected chi connectivity index (χ3v) is 10.1. The van der Waals surface area contributed by atoms with Crippen LogP contribution in [0.1, 0.15) is 52.2 Å². The maximum Gasteiger partial charge on any atom is 0.407 e. The highest BCUT2D eigenvalue weighted by molar-refractivity contribution is 7.92. The smallest absolute Gasteiger partial charge is 0.407 e. The first-order chi connectivity index (χ1) is 20.2. The summed E-state index contributed by atoms with van der Waals surface area (Å²) in [4.78, 5) is 39.0. The number of hydrogen-bond donors (Lipinski definition) is 3. The van der Waals surface area contributed by atoms with E-state index in [1.165, 1.54) is 13.8 Å². The maximum absolute atomic E-state index is 13.7. The van der Waals surface area contributed by atoms with Crippen molar-refractivity contribution in [1.82, 2.24) is 16.0 Å². The van der Waals surface area contributed by atoms with Crippen molar-refractivity contribution < 1.29 is 32.3 Å². The van der Waals surface area contributed by atoms with Crippen LogP contribution in [0.5, 0.6) is 0 Å². The quantitative estimate of drug-likeness (QED) is 0.261. The number of epoxide rings is 1. The first kappa shape index (κ1) is 34.1. The molecule has 1 unspecified atom stereocenters. The number of nitrogens with one attached hydrogen (secondary N) is 3. The van der Waals surface area contributed by atoms with Gasteiger partial charge in [0.05, 0.1) is 29.9 Å². The lowest BCUT2D eigenvalue weighted by atomic mass is 9.95. The van der Waals surface area contributed by atoms with E-state index < -0.39 is 50.9 Å². The zero-order chi connectivity index (χ0) is 31.8. The van der Waals surface area contributed by atoms with Crippen LogP contribution in [0.3, 0.4) is 0 Å². The summed E-state index contributed by atoms with van der Waals surface area (Å²) in [5, 5.41) is 8.49. The van der Waals surface area contributed by atoms with E-state index in [4.69, 9.17) is 9.47 Å². The largest absolute Gasteiger partial charge is 0.450 e. The van der Waals surface area contributed by atoms with E-state index in [9.17, 15) is 22.8 Å². The molecule has 0 saturated carbocycles. The van der Waals surface area contributed by atoms with E-state index in [0.717, 1.165) is 17.4 Å². The molecule has 5 atom stereocenters. The van der Waals surface area contributed by atoms with Gasteiger partial charge in [-0.1, -0.05) is 74.5 Å². The lowest BCUT2D eigenvalue weighted by Gasteiger charge is -2.33. The topological polar surface area (TPSA) is 143 Å². The van der Waals surface area contributed by atoms with Gasteiger partial charge in [-0.15, -0.1) is 0 Å². The Hall–Kier alpha value is -3.44. The van der Waals surface area contributed by atoms with Gasteiger partial charge < -0.3 is 25.4 Å². The SMILES string of the molecule is CCOC(=O)N[C@H](C(=O)N[C@@H](Cc1ccccc1)[C@H]1O[C@H]1CC(=O)NC(Cc1ccccc1)C(C)C)C(C)(C)S(C)(=O)=O. The molecule has 3 N–H and O–H groups in total. The van der Waals surface area contributed by atoms with E-state index in [1.807, 2.05) is 60.7 Å². The summed E-state index contributed by atoms with van der Waals surface area (Å²) in [5.74, 6) is -0.620. The molecule has 2 aromatic carbocycles. The molecule has 0 aliphatic carbocycles. The number of ether oxygens (including phenoxy) is 2. The van der Waals surface area contributed by atoms with Crippen molar-refractivity contribution in [2.24, 2.45) is 5.92 Å². The average molecular weight is 616 g/mol. The Morgan fingerprint density at radius 2 is 1.47 bits per heavy atom. The van der Waals surface area contributed by atoms with Crippen LogP contribution >= 0.6 is 0 Å². The molecule has 1 aliphatic heterocycles. The predicted molar refractivity (Wildman–Crippen MR) is 165 cm³/mol. The summed E-state index contributed by atoms with van der Waals surface area (Å²) in [6.07, 6.45) is 0.404. The van der Waals surface area contributed by atoms with E-state index in [2.05, 4.69) is 29.8 Å². The summed E-state index contributed by atoms with van der Waals surface area (Å²) in [7, 11) is -3.79. The maximum atomic E-state index is 13.7. The molecule has 1 heterocycles. The summed E-state index contributed by atoms with van der Waals surface area (Å²) in [6.45, 7) is 8.55. The van der Waals surface area contributed by atoms with Gasteiger partial charge in [-0.2, -0.15) is 0 Å². The van der Waals surface area contributed by atoms with Gasteiger partial charge in [-0.25, -0.2) is 13.2 Å². The Morgan fingerprint density at radius 3 is 1.98 bits per heavy atom. The van der Waals surface area contributed by atoms with Crippen LogP contribution in [0, 0.1) is 5.92 Å². The van der Waals surface area contributed by atoms with Crippen molar-refractivity contribution in [3.05, 3.63) is 71.8 Å². The second kappa shape index (κ2) is 14.8. The standard InChI is InChI=1S/C32H45N3O7S/c1-7-41-31(38)35-29(32(4,5)43(6,39)40)30(37)34-25(19-23-16-12-9-13-17-23)28-26(42-28)20-27(36)33-24(21(2)3)18-22-14-10-8-11-15-22/h8-17,21,24-26,28-29H,7,18-20H2,1-6H3,(H,33,36)(H,34,37)(H,35,38)/t24?,25-,26-,28+,29+/m0/s1. The van der Waals surface area contributed by atoms with E-state index in [0.29, 0.717) is 12.8 Å². The Bertz CT molecular complexity index is 1330. The van der Waals surface area contributed by atoms with E-state index in [1.54, 1.807) is 6.92 Å². The van der Waals surface area contributed by atoms with Crippen LogP contribution in [0.4, 0.5) is 4.79 Å². The van der Waals surface area contributed by atoms with Crippen molar-refractivity contribution in [1.29, 1.82) is 0 Å². The van der Waals surface area contributed by atoms with Gasteiger partial charge in [0.1, 0.15) is 12.1 Å². The number of carbonyl (C=O) groups excluding carboxylic acids is 3. The minimum atomic E-state index is -3.79.